The number of hydrogen-bond donors (Lipinski definition) is 1. The summed E-state index contributed by atoms with van der Waals surface area (Å²) >= 11 is 12.0. The Hall–Kier alpha value is -2.24. The fourth-order valence-electron chi connectivity index (χ4n) is 2.88. The van der Waals surface area contributed by atoms with Crippen LogP contribution < -0.4 is 10.1 Å². The molecule has 0 aromatic heterocycles. The molecule has 2 aromatic carbocycles. The lowest BCUT2D eigenvalue weighted by atomic mass is 10.1. The summed E-state index contributed by atoms with van der Waals surface area (Å²) in [4.78, 5) is 27.3. The van der Waals surface area contributed by atoms with E-state index in [0.717, 1.165) is 11.1 Å². The van der Waals surface area contributed by atoms with Crippen molar-refractivity contribution >= 4 is 35.0 Å². The first-order chi connectivity index (χ1) is 14.0. The van der Waals surface area contributed by atoms with Crippen molar-refractivity contribution in [1.82, 2.24) is 10.2 Å². The molecule has 0 bridgehead atoms. The highest BCUT2D eigenvalue weighted by atomic mass is 35.5. The third kappa shape index (κ3) is 7.22. The van der Waals surface area contributed by atoms with Crippen LogP contribution in [0.3, 0.4) is 0 Å². The Labute approximate surface area is 188 Å². The molecule has 2 aromatic rings. The molecule has 1 N–H and O–H groups in total. The first kappa shape index (κ1) is 24.0. The third-order valence-corrected chi connectivity index (χ3v) is 4.88. The van der Waals surface area contributed by atoms with Gasteiger partial charge in [-0.15, -0.1) is 0 Å². The molecule has 0 aliphatic rings. The van der Waals surface area contributed by atoms with Gasteiger partial charge in [0.15, 0.2) is 6.61 Å². The molecule has 2 rings (SSSR count). The van der Waals surface area contributed by atoms with Crippen LogP contribution in [0.5, 0.6) is 5.75 Å². The van der Waals surface area contributed by atoms with Gasteiger partial charge in [-0.05, 0) is 58.4 Å². The van der Waals surface area contributed by atoms with Gasteiger partial charge >= 0.3 is 0 Å². The van der Waals surface area contributed by atoms with Crippen molar-refractivity contribution in [2.45, 2.75) is 52.7 Å². The fraction of sp³-hybridized carbons (Fsp3) is 0.391. The lowest BCUT2D eigenvalue weighted by Crippen LogP contribution is -2.53. The summed E-state index contributed by atoms with van der Waals surface area (Å²) in [7, 11) is 0. The van der Waals surface area contributed by atoms with E-state index in [0.29, 0.717) is 15.8 Å². The van der Waals surface area contributed by atoms with Gasteiger partial charge < -0.3 is 15.0 Å². The molecule has 5 nitrogen and oxygen atoms in total. The summed E-state index contributed by atoms with van der Waals surface area (Å²) < 4.78 is 5.61. The van der Waals surface area contributed by atoms with Crippen LogP contribution in [0.15, 0.2) is 42.5 Å². The van der Waals surface area contributed by atoms with Gasteiger partial charge in [0.1, 0.15) is 11.8 Å². The minimum Gasteiger partial charge on any atom is -0.482 e. The first-order valence-electron chi connectivity index (χ1n) is 9.71. The van der Waals surface area contributed by atoms with Crippen LogP contribution in [0.4, 0.5) is 0 Å². The van der Waals surface area contributed by atoms with E-state index in [2.05, 4.69) is 5.32 Å². The second kappa shape index (κ2) is 10.2. The van der Waals surface area contributed by atoms with Crippen molar-refractivity contribution in [1.29, 1.82) is 0 Å². The van der Waals surface area contributed by atoms with Gasteiger partial charge in [0.05, 0.1) is 5.02 Å². The molecule has 0 radical (unpaired) electrons. The molecule has 0 saturated carbocycles. The van der Waals surface area contributed by atoms with Gasteiger partial charge in [-0.25, -0.2) is 0 Å². The van der Waals surface area contributed by atoms with Gasteiger partial charge in [-0.2, -0.15) is 0 Å². The number of halogens is 2. The molecule has 1 atom stereocenters. The van der Waals surface area contributed by atoms with Gasteiger partial charge in [0.2, 0.25) is 5.91 Å². The molecule has 7 heteroatoms. The van der Waals surface area contributed by atoms with E-state index in [9.17, 15) is 9.59 Å². The largest absolute Gasteiger partial charge is 0.482 e. The van der Waals surface area contributed by atoms with Crippen LogP contribution in [-0.4, -0.2) is 34.9 Å². The van der Waals surface area contributed by atoms with Crippen molar-refractivity contribution in [2.24, 2.45) is 0 Å². The van der Waals surface area contributed by atoms with E-state index in [4.69, 9.17) is 27.9 Å². The van der Waals surface area contributed by atoms with E-state index in [1.807, 2.05) is 52.0 Å². The standard InChI is InChI=1S/C23H28Cl2N2O3/c1-15-7-6-8-17(11-15)13-27(16(2)22(29)26-23(3,4)5)21(28)14-30-20-10-9-18(24)12-19(20)25/h6-12,16H,13-14H2,1-5H3,(H,26,29)/t16-/m0/s1. The molecule has 0 aliphatic carbocycles. The minimum absolute atomic E-state index is 0.229. The van der Waals surface area contributed by atoms with Crippen LogP contribution in [0.25, 0.3) is 0 Å². The Morgan fingerprint density at radius 3 is 2.43 bits per heavy atom. The van der Waals surface area contributed by atoms with Crippen LogP contribution in [0, 0.1) is 6.92 Å². The monoisotopic (exact) mass is 450 g/mol. The highest BCUT2D eigenvalue weighted by Gasteiger charge is 2.28. The number of ether oxygens (including phenoxy) is 1. The average Bonchev–Trinajstić information content (AvgIpc) is 2.63. The third-order valence-electron chi connectivity index (χ3n) is 4.35. The van der Waals surface area contributed by atoms with E-state index < -0.39 is 11.6 Å². The fourth-order valence-corrected chi connectivity index (χ4v) is 3.34. The molecule has 30 heavy (non-hydrogen) atoms. The number of amides is 2. The predicted octanol–water partition coefficient (Wildman–Crippen LogP) is 5.01. The minimum atomic E-state index is -0.679. The topological polar surface area (TPSA) is 58.6 Å². The summed E-state index contributed by atoms with van der Waals surface area (Å²) in [5.74, 6) is -0.191. The van der Waals surface area contributed by atoms with E-state index in [1.165, 1.54) is 4.90 Å². The SMILES string of the molecule is Cc1cccc(CN(C(=O)COc2ccc(Cl)cc2Cl)[C@@H](C)C(=O)NC(C)(C)C)c1. The van der Waals surface area contributed by atoms with Gasteiger partial charge in [0.25, 0.3) is 5.91 Å². The van der Waals surface area contributed by atoms with Gasteiger partial charge in [-0.3, -0.25) is 9.59 Å². The number of nitrogens with one attached hydrogen (secondary N) is 1. The first-order valence-corrected chi connectivity index (χ1v) is 10.5. The van der Waals surface area contributed by atoms with Crippen molar-refractivity contribution in [3.8, 4) is 5.75 Å². The summed E-state index contributed by atoms with van der Waals surface area (Å²) in [5.41, 5.74) is 1.61. The summed E-state index contributed by atoms with van der Waals surface area (Å²) in [6.07, 6.45) is 0. The molecule has 0 aliphatic heterocycles. The maximum absolute atomic E-state index is 13.0. The molecule has 0 unspecified atom stereocenters. The number of aryl methyl sites for hydroxylation is 1. The number of rotatable bonds is 7. The Morgan fingerprint density at radius 1 is 1.13 bits per heavy atom. The highest BCUT2D eigenvalue weighted by molar-refractivity contribution is 6.35. The lowest BCUT2D eigenvalue weighted by molar-refractivity contribution is -0.142. The zero-order valence-corrected chi connectivity index (χ0v) is 19.5. The van der Waals surface area contributed by atoms with Crippen LogP contribution in [-0.2, 0) is 16.1 Å². The highest BCUT2D eigenvalue weighted by Crippen LogP contribution is 2.27. The second-order valence-electron chi connectivity index (χ2n) is 8.29. The quantitative estimate of drug-likeness (QED) is 0.644. The number of benzene rings is 2. The van der Waals surface area contributed by atoms with Gasteiger partial charge in [-0.1, -0.05) is 53.0 Å². The van der Waals surface area contributed by atoms with Crippen molar-refractivity contribution in [3.05, 3.63) is 63.6 Å². The predicted molar refractivity (Wildman–Crippen MR) is 121 cm³/mol. The van der Waals surface area contributed by atoms with Crippen molar-refractivity contribution in [2.75, 3.05) is 6.61 Å². The number of nitrogens with zero attached hydrogens (tertiary/aromatic N) is 1. The lowest BCUT2D eigenvalue weighted by Gasteiger charge is -2.31. The molecule has 2 amide bonds. The smallest absolute Gasteiger partial charge is 0.261 e. The maximum atomic E-state index is 13.0. The molecule has 0 heterocycles. The van der Waals surface area contributed by atoms with Crippen molar-refractivity contribution < 1.29 is 14.3 Å². The summed E-state index contributed by atoms with van der Waals surface area (Å²) in [5, 5.41) is 3.73. The summed E-state index contributed by atoms with van der Waals surface area (Å²) in [6.45, 7) is 9.43. The number of carbonyl (C=O) groups is 2. The molecular formula is C23H28Cl2N2O3. The van der Waals surface area contributed by atoms with Crippen LogP contribution >= 0.6 is 23.2 Å². The van der Waals surface area contributed by atoms with Crippen LogP contribution in [0.2, 0.25) is 10.0 Å². The van der Waals surface area contributed by atoms with E-state index in [1.54, 1.807) is 25.1 Å². The average molecular weight is 451 g/mol. The van der Waals surface area contributed by atoms with Crippen molar-refractivity contribution in [3.63, 3.8) is 0 Å². The molecule has 0 spiro atoms. The van der Waals surface area contributed by atoms with E-state index >= 15 is 0 Å². The Balaban J connectivity index is 2.20. The molecule has 0 fully saturated rings. The normalized spacial score (nSPS) is 12.2. The maximum Gasteiger partial charge on any atom is 0.261 e. The second-order valence-corrected chi connectivity index (χ2v) is 9.13. The van der Waals surface area contributed by atoms with Crippen LogP contribution in [0.1, 0.15) is 38.8 Å². The molecule has 0 saturated heterocycles. The zero-order chi connectivity index (χ0) is 22.5. The Morgan fingerprint density at radius 2 is 1.83 bits per heavy atom. The van der Waals surface area contributed by atoms with Gasteiger partial charge in [0, 0.05) is 17.1 Å². The van der Waals surface area contributed by atoms with E-state index in [-0.39, 0.29) is 25.0 Å². The summed E-state index contributed by atoms with van der Waals surface area (Å²) in [6, 6.07) is 11.9. The molecule has 162 valence electrons. The Bertz CT molecular complexity index is 910. The molecular weight excluding hydrogens is 423 g/mol. The number of hydrogen-bond acceptors (Lipinski definition) is 3. The zero-order valence-electron chi connectivity index (χ0n) is 18.0. The number of carbonyl (C=O) groups excluding carboxylic acids is 2. The Kier molecular flexibility index (Phi) is 8.16.